The third-order valence-electron chi connectivity index (χ3n) is 3.34. The Balaban J connectivity index is 2.31. The molecule has 2 N–H and O–H groups in total. The van der Waals surface area contributed by atoms with Gasteiger partial charge in [0, 0.05) is 20.0 Å². The summed E-state index contributed by atoms with van der Waals surface area (Å²) >= 11 is 1.67. The molecule has 0 radical (unpaired) electrons. The summed E-state index contributed by atoms with van der Waals surface area (Å²) in [5.41, 5.74) is 6.78. The zero-order valence-electron chi connectivity index (χ0n) is 11.4. The maximum Gasteiger partial charge on any atom is 0.222 e. The minimum atomic E-state index is 0.233. The van der Waals surface area contributed by atoms with E-state index >= 15 is 0 Å². The molecular weight excluding hydrogens is 244 g/mol. The number of amides is 1. The van der Waals surface area contributed by atoms with Crippen LogP contribution >= 0.6 is 11.3 Å². The monoisotopic (exact) mass is 268 g/mol. The summed E-state index contributed by atoms with van der Waals surface area (Å²) in [6, 6.07) is 2.07. The van der Waals surface area contributed by atoms with Crippen molar-refractivity contribution in [2.75, 3.05) is 13.6 Å². The number of hydrogen-bond acceptors (Lipinski definition) is 3. The largest absolute Gasteiger partial charge is 0.341 e. The number of hydrogen-bond donors (Lipinski definition) is 1. The van der Waals surface area contributed by atoms with E-state index in [1.165, 1.54) is 5.56 Å². The van der Waals surface area contributed by atoms with Crippen LogP contribution in [0.3, 0.4) is 0 Å². The van der Waals surface area contributed by atoms with Crippen LogP contribution < -0.4 is 5.73 Å². The number of carbonyl (C=O) groups excluding carboxylic acids is 1. The number of thiophene rings is 1. The fraction of sp³-hybridized carbons (Fsp3) is 0.643. The number of nitrogens with two attached hydrogens (primary N) is 1. The molecule has 0 saturated heterocycles. The Bertz CT molecular complexity index is 338. The van der Waals surface area contributed by atoms with E-state index < -0.39 is 0 Å². The van der Waals surface area contributed by atoms with Gasteiger partial charge in [-0.3, -0.25) is 4.79 Å². The van der Waals surface area contributed by atoms with E-state index in [0.29, 0.717) is 12.3 Å². The highest BCUT2D eigenvalue weighted by Crippen LogP contribution is 2.16. The summed E-state index contributed by atoms with van der Waals surface area (Å²) in [4.78, 5) is 13.8. The fourth-order valence-electron chi connectivity index (χ4n) is 2.05. The molecule has 0 saturated carbocycles. The average molecular weight is 268 g/mol. The van der Waals surface area contributed by atoms with Crippen LogP contribution in [0, 0.1) is 5.92 Å². The van der Waals surface area contributed by atoms with Gasteiger partial charge in [0.15, 0.2) is 0 Å². The predicted molar refractivity (Wildman–Crippen MR) is 77.5 cm³/mol. The Kier molecular flexibility index (Phi) is 6.98. The topological polar surface area (TPSA) is 46.3 Å². The number of carbonyl (C=O) groups is 1. The van der Waals surface area contributed by atoms with E-state index in [1.807, 2.05) is 17.3 Å². The highest BCUT2D eigenvalue weighted by molar-refractivity contribution is 7.07. The number of rotatable bonds is 8. The molecule has 0 aliphatic carbocycles. The normalized spacial score (nSPS) is 12.4. The van der Waals surface area contributed by atoms with Crippen LogP contribution in [0.25, 0.3) is 0 Å². The lowest BCUT2D eigenvalue weighted by Gasteiger charge is -2.19. The van der Waals surface area contributed by atoms with Crippen molar-refractivity contribution in [2.24, 2.45) is 11.7 Å². The second kappa shape index (κ2) is 8.27. The molecule has 4 heteroatoms. The first-order valence-corrected chi connectivity index (χ1v) is 7.56. The lowest BCUT2D eigenvalue weighted by molar-refractivity contribution is -0.130. The first kappa shape index (κ1) is 15.2. The van der Waals surface area contributed by atoms with Crippen LogP contribution in [0.1, 0.15) is 38.2 Å². The Hall–Kier alpha value is -0.870. The van der Waals surface area contributed by atoms with Crippen LogP contribution in [0.15, 0.2) is 16.8 Å². The lowest BCUT2D eigenvalue weighted by atomic mass is 9.96. The van der Waals surface area contributed by atoms with Gasteiger partial charge in [-0.2, -0.15) is 11.3 Å². The van der Waals surface area contributed by atoms with Crippen molar-refractivity contribution in [1.29, 1.82) is 0 Å². The van der Waals surface area contributed by atoms with E-state index in [1.54, 1.807) is 11.3 Å². The van der Waals surface area contributed by atoms with Gasteiger partial charge in [0.25, 0.3) is 0 Å². The Morgan fingerprint density at radius 3 is 2.83 bits per heavy atom. The third kappa shape index (κ3) is 5.19. The molecular formula is C14H24N2OS. The molecule has 0 bridgehead atoms. The summed E-state index contributed by atoms with van der Waals surface area (Å²) in [5, 5.41) is 4.13. The van der Waals surface area contributed by atoms with Gasteiger partial charge < -0.3 is 10.6 Å². The first-order valence-electron chi connectivity index (χ1n) is 6.62. The maximum atomic E-state index is 12.0. The van der Waals surface area contributed by atoms with Gasteiger partial charge in [-0.15, -0.1) is 0 Å². The van der Waals surface area contributed by atoms with E-state index in [4.69, 9.17) is 5.73 Å². The van der Waals surface area contributed by atoms with Gasteiger partial charge in [-0.1, -0.05) is 13.3 Å². The van der Waals surface area contributed by atoms with Crippen molar-refractivity contribution < 1.29 is 4.79 Å². The van der Waals surface area contributed by atoms with Crippen LogP contribution in [0.2, 0.25) is 0 Å². The molecule has 0 spiro atoms. The summed E-state index contributed by atoms with van der Waals surface area (Å²) in [7, 11) is 1.88. The minimum absolute atomic E-state index is 0.233. The zero-order chi connectivity index (χ0) is 13.4. The summed E-state index contributed by atoms with van der Waals surface area (Å²) < 4.78 is 0. The molecule has 18 heavy (non-hydrogen) atoms. The van der Waals surface area contributed by atoms with Crippen molar-refractivity contribution in [2.45, 2.75) is 39.2 Å². The molecule has 1 unspecified atom stereocenters. The maximum absolute atomic E-state index is 12.0. The van der Waals surface area contributed by atoms with Crippen molar-refractivity contribution >= 4 is 17.2 Å². The van der Waals surface area contributed by atoms with Crippen LogP contribution in [0.4, 0.5) is 0 Å². The van der Waals surface area contributed by atoms with Crippen LogP contribution in [0.5, 0.6) is 0 Å². The predicted octanol–water partition coefficient (Wildman–Crippen LogP) is 2.86. The summed E-state index contributed by atoms with van der Waals surface area (Å²) in [5.74, 6) is 0.824. The molecule has 1 aromatic heterocycles. The molecule has 3 nitrogen and oxygen atoms in total. The average Bonchev–Trinajstić information content (AvgIpc) is 2.86. The highest BCUT2D eigenvalue weighted by Gasteiger charge is 2.12. The molecule has 0 fully saturated rings. The standard InChI is InChI=1S/C14H24N2OS/c1-3-12(6-8-15)4-5-14(17)16(2)10-13-7-9-18-11-13/h7,9,11-12H,3-6,8,10,15H2,1-2H3. The molecule has 0 aliphatic heterocycles. The molecule has 1 atom stereocenters. The van der Waals surface area contributed by atoms with E-state index in [2.05, 4.69) is 18.4 Å². The molecule has 0 aliphatic rings. The molecule has 1 heterocycles. The van der Waals surface area contributed by atoms with E-state index in [9.17, 15) is 4.79 Å². The summed E-state index contributed by atoms with van der Waals surface area (Å²) in [6.07, 6.45) is 3.73. The van der Waals surface area contributed by atoms with Crippen LogP contribution in [-0.4, -0.2) is 24.4 Å². The van der Waals surface area contributed by atoms with Gasteiger partial charge in [0.05, 0.1) is 0 Å². The second-order valence-electron chi connectivity index (χ2n) is 4.77. The molecule has 1 rings (SSSR count). The van der Waals surface area contributed by atoms with Gasteiger partial charge in [0.1, 0.15) is 0 Å². The van der Waals surface area contributed by atoms with Crippen molar-refractivity contribution in [3.05, 3.63) is 22.4 Å². The van der Waals surface area contributed by atoms with Gasteiger partial charge in [-0.05, 0) is 47.7 Å². The molecule has 102 valence electrons. The van der Waals surface area contributed by atoms with Crippen LogP contribution in [-0.2, 0) is 11.3 Å². The fourth-order valence-corrected chi connectivity index (χ4v) is 2.71. The quantitative estimate of drug-likeness (QED) is 0.788. The molecule has 1 aromatic rings. The third-order valence-corrected chi connectivity index (χ3v) is 4.08. The van der Waals surface area contributed by atoms with Gasteiger partial charge >= 0.3 is 0 Å². The van der Waals surface area contributed by atoms with Crippen molar-refractivity contribution in [3.8, 4) is 0 Å². The minimum Gasteiger partial charge on any atom is -0.341 e. The van der Waals surface area contributed by atoms with Gasteiger partial charge in [0.2, 0.25) is 5.91 Å². The Labute approximate surface area is 114 Å². The Morgan fingerprint density at radius 1 is 1.50 bits per heavy atom. The van der Waals surface area contributed by atoms with Crippen molar-refractivity contribution in [3.63, 3.8) is 0 Å². The smallest absolute Gasteiger partial charge is 0.222 e. The Morgan fingerprint density at radius 2 is 2.28 bits per heavy atom. The molecule has 1 amide bonds. The van der Waals surface area contributed by atoms with E-state index in [0.717, 1.165) is 32.4 Å². The number of nitrogens with zero attached hydrogens (tertiary/aromatic N) is 1. The first-order chi connectivity index (χ1) is 8.67. The SMILES string of the molecule is CCC(CCN)CCC(=O)N(C)Cc1ccsc1. The second-order valence-corrected chi connectivity index (χ2v) is 5.55. The lowest BCUT2D eigenvalue weighted by Crippen LogP contribution is -2.26. The van der Waals surface area contributed by atoms with Crippen molar-refractivity contribution in [1.82, 2.24) is 4.90 Å². The molecule has 0 aromatic carbocycles. The summed E-state index contributed by atoms with van der Waals surface area (Å²) in [6.45, 7) is 3.60. The zero-order valence-corrected chi connectivity index (χ0v) is 12.2. The highest BCUT2D eigenvalue weighted by atomic mass is 32.1. The van der Waals surface area contributed by atoms with E-state index in [-0.39, 0.29) is 5.91 Å². The van der Waals surface area contributed by atoms with Gasteiger partial charge in [-0.25, -0.2) is 0 Å².